The summed E-state index contributed by atoms with van der Waals surface area (Å²) in [6.45, 7) is 11.5. The highest BCUT2D eigenvalue weighted by atomic mass is 16.5. The number of ether oxygens (including phenoxy) is 1. The lowest BCUT2D eigenvalue weighted by atomic mass is 10.0. The molecule has 19 heavy (non-hydrogen) atoms. The highest BCUT2D eigenvalue weighted by Gasteiger charge is 2.36. The monoisotopic (exact) mass is 273 g/mol. The van der Waals surface area contributed by atoms with Crippen LogP contribution in [0.25, 0.3) is 0 Å². The van der Waals surface area contributed by atoms with E-state index in [1.807, 2.05) is 13.8 Å². The Bertz CT molecular complexity index is 271. The fraction of sp³-hybridized carbons (Fsp3) is 0.929. The number of nitrogens with zero attached hydrogens (tertiary/aromatic N) is 2. The Kier molecular flexibility index (Phi) is 8.22. The molecule has 5 heteroatoms. The first-order chi connectivity index (χ1) is 8.80. The second-order valence-corrected chi connectivity index (χ2v) is 5.53. The van der Waals surface area contributed by atoms with E-state index in [0.29, 0.717) is 12.6 Å². The lowest BCUT2D eigenvalue weighted by Crippen LogP contribution is -2.59. The van der Waals surface area contributed by atoms with Crippen molar-refractivity contribution < 1.29 is 9.53 Å². The molecule has 0 amide bonds. The van der Waals surface area contributed by atoms with Gasteiger partial charge in [-0.25, -0.2) is 0 Å². The summed E-state index contributed by atoms with van der Waals surface area (Å²) in [6.07, 6.45) is 0. The molecule has 5 nitrogen and oxygen atoms in total. The first-order valence-corrected chi connectivity index (χ1v) is 7.02. The van der Waals surface area contributed by atoms with Crippen molar-refractivity contribution in [3.05, 3.63) is 0 Å². The van der Waals surface area contributed by atoms with Crippen LogP contribution >= 0.6 is 0 Å². The van der Waals surface area contributed by atoms with Gasteiger partial charge in [0.25, 0.3) is 0 Å². The summed E-state index contributed by atoms with van der Waals surface area (Å²) in [5.74, 6) is -0.204. The van der Waals surface area contributed by atoms with Gasteiger partial charge in [-0.05, 0) is 41.0 Å². The summed E-state index contributed by atoms with van der Waals surface area (Å²) >= 11 is 0. The highest BCUT2D eigenvalue weighted by molar-refractivity contribution is 5.80. The molecule has 0 spiro atoms. The Morgan fingerprint density at radius 3 is 2.32 bits per heavy atom. The summed E-state index contributed by atoms with van der Waals surface area (Å²) in [6, 6.07) is 0.391. The molecule has 0 bridgehead atoms. The molecule has 0 aliphatic heterocycles. The topological polar surface area (TPSA) is 44.8 Å². The third-order valence-electron chi connectivity index (χ3n) is 3.38. The molecule has 2 unspecified atom stereocenters. The van der Waals surface area contributed by atoms with E-state index in [0.717, 1.165) is 19.6 Å². The van der Waals surface area contributed by atoms with E-state index in [1.54, 1.807) is 0 Å². The molecule has 0 aromatic rings. The molecule has 2 atom stereocenters. The zero-order valence-corrected chi connectivity index (χ0v) is 13.6. The van der Waals surface area contributed by atoms with Gasteiger partial charge in [0.15, 0.2) is 0 Å². The number of carbonyl (C=O) groups is 1. The number of hydrogen-bond acceptors (Lipinski definition) is 5. The molecule has 114 valence electrons. The van der Waals surface area contributed by atoms with Crippen molar-refractivity contribution in [2.45, 2.75) is 39.3 Å². The van der Waals surface area contributed by atoms with Gasteiger partial charge in [0, 0.05) is 19.1 Å². The van der Waals surface area contributed by atoms with Crippen LogP contribution in [0, 0.1) is 0 Å². The van der Waals surface area contributed by atoms with Crippen LogP contribution in [0.5, 0.6) is 0 Å². The molecule has 0 saturated heterocycles. The molecule has 0 fully saturated rings. The van der Waals surface area contributed by atoms with Gasteiger partial charge >= 0.3 is 5.97 Å². The maximum atomic E-state index is 12.0. The minimum atomic E-state index is -0.653. The zero-order chi connectivity index (χ0) is 15.1. The number of esters is 1. The number of rotatable bonds is 9. The molecule has 0 rings (SSSR count). The van der Waals surface area contributed by atoms with Crippen LogP contribution < -0.4 is 5.32 Å². The van der Waals surface area contributed by atoms with Crippen LogP contribution in [0.1, 0.15) is 27.7 Å². The van der Waals surface area contributed by atoms with Gasteiger partial charge < -0.3 is 15.0 Å². The normalized spacial score (nSPS) is 16.5. The molecule has 0 aromatic heterocycles. The summed E-state index contributed by atoms with van der Waals surface area (Å²) < 4.78 is 4.94. The number of methoxy groups -OCH3 is 1. The summed E-state index contributed by atoms with van der Waals surface area (Å²) in [7, 11) is 5.57. The predicted octanol–water partition coefficient (Wildman–Crippen LogP) is 0.800. The maximum Gasteiger partial charge on any atom is 0.327 e. The largest absolute Gasteiger partial charge is 0.468 e. The maximum absolute atomic E-state index is 12.0. The van der Waals surface area contributed by atoms with E-state index in [1.165, 1.54) is 7.11 Å². The standard InChI is InChI=1S/C14H31N3O2/c1-8-15-14(4,13(18)19-7)11-17(9-2)12(3)10-16(5)6/h12,15H,8-11H2,1-7H3. The number of carbonyl (C=O) groups excluding carboxylic acids is 1. The third-order valence-corrected chi connectivity index (χ3v) is 3.38. The van der Waals surface area contributed by atoms with Gasteiger partial charge in [-0.15, -0.1) is 0 Å². The Hall–Kier alpha value is -0.650. The summed E-state index contributed by atoms with van der Waals surface area (Å²) in [5.41, 5.74) is -0.653. The summed E-state index contributed by atoms with van der Waals surface area (Å²) in [5, 5.41) is 3.25. The first-order valence-electron chi connectivity index (χ1n) is 7.02. The Balaban J connectivity index is 4.82. The van der Waals surface area contributed by atoms with Crippen LogP contribution in [0.2, 0.25) is 0 Å². The average molecular weight is 273 g/mol. The molecule has 0 heterocycles. The van der Waals surface area contributed by atoms with Gasteiger partial charge in [0.1, 0.15) is 5.54 Å². The third kappa shape index (κ3) is 5.89. The van der Waals surface area contributed by atoms with Crippen LogP contribution in [0.4, 0.5) is 0 Å². The first kappa shape index (κ1) is 18.4. The second-order valence-electron chi connectivity index (χ2n) is 5.53. The van der Waals surface area contributed by atoms with Crippen LogP contribution in [0.3, 0.4) is 0 Å². The number of likely N-dealkylation sites (N-methyl/N-ethyl adjacent to an activating group) is 3. The lowest BCUT2D eigenvalue weighted by molar-refractivity contribution is -0.149. The van der Waals surface area contributed by atoms with Crippen LogP contribution in [-0.4, -0.2) is 74.7 Å². The summed E-state index contributed by atoms with van der Waals surface area (Å²) in [4.78, 5) is 16.5. The van der Waals surface area contributed by atoms with Crippen molar-refractivity contribution in [1.82, 2.24) is 15.1 Å². The zero-order valence-electron chi connectivity index (χ0n) is 13.6. The molecule has 0 aliphatic rings. The quantitative estimate of drug-likeness (QED) is 0.630. The van der Waals surface area contributed by atoms with Gasteiger partial charge in [-0.3, -0.25) is 9.69 Å². The average Bonchev–Trinajstić information content (AvgIpc) is 2.34. The Morgan fingerprint density at radius 1 is 1.37 bits per heavy atom. The minimum Gasteiger partial charge on any atom is -0.468 e. The fourth-order valence-corrected chi connectivity index (χ4v) is 2.44. The van der Waals surface area contributed by atoms with Crippen LogP contribution in [-0.2, 0) is 9.53 Å². The molecule has 0 radical (unpaired) electrons. The molecule has 0 aromatic carbocycles. The predicted molar refractivity (Wildman–Crippen MR) is 79.4 cm³/mol. The van der Waals surface area contributed by atoms with E-state index in [9.17, 15) is 4.79 Å². The van der Waals surface area contributed by atoms with E-state index >= 15 is 0 Å². The molecule has 0 saturated carbocycles. The van der Waals surface area contributed by atoms with E-state index in [4.69, 9.17) is 4.74 Å². The van der Waals surface area contributed by atoms with E-state index < -0.39 is 5.54 Å². The molecular weight excluding hydrogens is 242 g/mol. The number of nitrogens with one attached hydrogen (secondary N) is 1. The van der Waals surface area contributed by atoms with Crippen molar-refractivity contribution in [3.63, 3.8) is 0 Å². The second kappa shape index (κ2) is 8.51. The minimum absolute atomic E-state index is 0.204. The Morgan fingerprint density at radius 2 is 1.95 bits per heavy atom. The molecular formula is C14H31N3O2. The molecule has 1 N–H and O–H groups in total. The van der Waals surface area contributed by atoms with Crippen molar-refractivity contribution in [3.8, 4) is 0 Å². The Labute approximate surface area is 118 Å². The molecule has 0 aliphatic carbocycles. The van der Waals surface area contributed by atoms with Crippen molar-refractivity contribution in [1.29, 1.82) is 0 Å². The van der Waals surface area contributed by atoms with Gasteiger partial charge in [-0.2, -0.15) is 0 Å². The van der Waals surface area contributed by atoms with Gasteiger partial charge in [-0.1, -0.05) is 13.8 Å². The SMILES string of the molecule is CCNC(C)(CN(CC)C(C)CN(C)C)C(=O)OC. The van der Waals surface area contributed by atoms with Crippen molar-refractivity contribution in [2.75, 3.05) is 47.4 Å². The van der Waals surface area contributed by atoms with Crippen molar-refractivity contribution >= 4 is 5.97 Å². The van der Waals surface area contributed by atoms with Gasteiger partial charge in [0.2, 0.25) is 0 Å². The number of hydrogen-bond donors (Lipinski definition) is 1. The smallest absolute Gasteiger partial charge is 0.327 e. The van der Waals surface area contributed by atoms with E-state index in [2.05, 4.69) is 43.1 Å². The fourth-order valence-electron chi connectivity index (χ4n) is 2.44. The lowest BCUT2D eigenvalue weighted by Gasteiger charge is -2.37. The van der Waals surface area contributed by atoms with Crippen LogP contribution in [0.15, 0.2) is 0 Å². The van der Waals surface area contributed by atoms with E-state index in [-0.39, 0.29) is 5.97 Å². The highest BCUT2D eigenvalue weighted by Crippen LogP contribution is 2.12. The van der Waals surface area contributed by atoms with Crippen molar-refractivity contribution in [2.24, 2.45) is 0 Å². The van der Waals surface area contributed by atoms with Gasteiger partial charge in [0.05, 0.1) is 7.11 Å².